The van der Waals surface area contributed by atoms with Gasteiger partial charge in [-0.25, -0.2) is 18.4 Å². The molecule has 34 heavy (non-hydrogen) atoms. The van der Waals surface area contributed by atoms with Crippen LogP contribution < -0.4 is 10.1 Å². The number of nitrogens with zero attached hydrogens (tertiary/aromatic N) is 3. The lowest BCUT2D eigenvalue weighted by Gasteiger charge is -2.29. The van der Waals surface area contributed by atoms with Crippen molar-refractivity contribution in [1.82, 2.24) is 20.1 Å². The van der Waals surface area contributed by atoms with Crippen molar-refractivity contribution in [2.75, 3.05) is 13.7 Å². The third-order valence-corrected chi connectivity index (χ3v) is 5.84. The zero-order valence-electron chi connectivity index (χ0n) is 18.7. The molecule has 4 aromatic rings. The van der Waals surface area contributed by atoms with Crippen LogP contribution in [0.3, 0.4) is 0 Å². The summed E-state index contributed by atoms with van der Waals surface area (Å²) >= 11 is 0. The second-order valence-electron chi connectivity index (χ2n) is 8.16. The number of carbonyl (C=O) groups is 1. The first kappa shape index (κ1) is 23.3. The van der Waals surface area contributed by atoms with E-state index >= 15 is 0 Å². The zero-order chi connectivity index (χ0) is 24.3. The molecule has 3 aromatic carbocycles. The summed E-state index contributed by atoms with van der Waals surface area (Å²) in [6.45, 7) is 1.24. The summed E-state index contributed by atoms with van der Waals surface area (Å²) in [4.78, 5) is 16.8. The van der Waals surface area contributed by atoms with Crippen LogP contribution in [0.15, 0.2) is 67.3 Å². The molecule has 2 N–H and O–H groups in total. The summed E-state index contributed by atoms with van der Waals surface area (Å²) in [5.41, 5.74) is -1.26. The van der Waals surface area contributed by atoms with Gasteiger partial charge in [0.15, 0.2) is 0 Å². The second kappa shape index (κ2) is 9.56. The number of ether oxygens (including phenoxy) is 1. The van der Waals surface area contributed by atoms with Gasteiger partial charge in [0, 0.05) is 11.6 Å². The van der Waals surface area contributed by atoms with Crippen LogP contribution in [0.1, 0.15) is 24.0 Å². The maximum absolute atomic E-state index is 14.6. The van der Waals surface area contributed by atoms with E-state index in [1.165, 1.54) is 17.3 Å². The monoisotopic (exact) mass is 466 g/mol. The molecule has 176 valence electrons. The number of hydrogen-bond acceptors (Lipinski definition) is 5. The Kier molecular flexibility index (Phi) is 6.56. The molecule has 0 aliphatic heterocycles. The van der Waals surface area contributed by atoms with E-state index in [0.717, 1.165) is 34.2 Å². The molecule has 0 fully saturated rings. The normalized spacial score (nSPS) is 13.9. The Morgan fingerprint density at radius 3 is 2.62 bits per heavy atom. The molecule has 7 nitrogen and oxygen atoms in total. The van der Waals surface area contributed by atoms with Crippen LogP contribution in [0.25, 0.3) is 10.8 Å². The maximum Gasteiger partial charge on any atom is 0.227 e. The third-order valence-electron chi connectivity index (χ3n) is 5.84. The number of aromatic nitrogens is 3. The van der Waals surface area contributed by atoms with Crippen molar-refractivity contribution in [1.29, 1.82) is 0 Å². The van der Waals surface area contributed by atoms with Crippen LogP contribution in [0, 0.1) is 11.6 Å². The molecule has 0 unspecified atom stereocenters. The highest BCUT2D eigenvalue weighted by Gasteiger charge is 2.34. The van der Waals surface area contributed by atoms with Crippen molar-refractivity contribution in [3.8, 4) is 5.75 Å². The predicted octanol–water partition coefficient (Wildman–Crippen LogP) is 3.53. The molecule has 1 aromatic heterocycles. The fourth-order valence-corrected chi connectivity index (χ4v) is 3.86. The molecule has 9 heteroatoms. The van der Waals surface area contributed by atoms with Gasteiger partial charge in [0.25, 0.3) is 0 Å². The average Bonchev–Trinajstić information content (AvgIpc) is 3.34. The second-order valence-corrected chi connectivity index (χ2v) is 8.16. The molecule has 0 aliphatic carbocycles. The summed E-state index contributed by atoms with van der Waals surface area (Å²) in [6.07, 6.45) is 2.64. The van der Waals surface area contributed by atoms with Gasteiger partial charge >= 0.3 is 0 Å². The topological polar surface area (TPSA) is 89.3 Å². The van der Waals surface area contributed by atoms with Gasteiger partial charge in [0.2, 0.25) is 5.91 Å². The number of amides is 1. The quantitative estimate of drug-likeness (QED) is 0.415. The summed E-state index contributed by atoms with van der Waals surface area (Å²) in [7, 11) is 1.60. The largest absolute Gasteiger partial charge is 0.497 e. The Bertz CT molecular complexity index is 1310. The molecular formula is C25H24F2N4O3. The van der Waals surface area contributed by atoms with E-state index in [4.69, 9.17) is 4.74 Å². The SMILES string of the molecule is COc1ccc2cc([C@@H](C)C(=O)NC[C@](O)(Cn3cncn3)c3ccc(F)cc3F)ccc2c1. The highest BCUT2D eigenvalue weighted by molar-refractivity contribution is 5.88. The van der Waals surface area contributed by atoms with Crippen molar-refractivity contribution in [2.45, 2.75) is 25.0 Å². The van der Waals surface area contributed by atoms with E-state index in [9.17, 15) is 18.7 Å². The van der Waals surface area contributed by atoms with Gasteiger partial charge in [0.05, 0.1) is 26.1 Å². The van der Waals surface area contributed by atoms with E-state index in [0.29, 0.717) is 6.07 Å². The minimum Gasteiger partial charge on any atom is -0.497 e. The summed E-state index contributed by atoms with van der Waals surface area (Å²) < 4.78 is 34.6. The molecular weight excluding hydrogens is 442 g/mol. The van der Waals surface area contributed by atoms with Crippen LogP contribution in [-0.4, -0.2) is 39.4 Å². The lowest BCUT2D eigenvalue weighted by atomic mass is 9.92. The van der Waals surface area contributed by atoms with E-state index < -0.39 is 23.2 Å². The molecule has 0 spiro atoms. The Hall–Kier alpha value is -3.85. The van der Waals surface area contributed by atoms with Crippen molar-refractivity contribution in [3.05, 3.63) is 90.0 Å². The fourth-order valence-electron chi connectivity index (χ4n) is 3.86. The van der Waals surface area contributed by atoms with Crippen molar-refractivity contribution in [2.24, 2.45) is 0 Å². The van der Waals surface area contributed by atoms with Gasteiger partial charge in [0.1, 0.15) is 35.6 Å². The van der Waals surface area contributed by atoms with Crippen LogP contribution in [0.4, 0.5) is 8.78 Å². The Morgan fingerprint density at radius 1 is 1.15 bits per heavy atom. The first-order valence-corrected chi connectivity index (χ1v) is 10.6. The van der Waals surface area contributed by atoms with Crippen LogP contribution in [0.2, 0.25) is 0 Å². The van der Waals surface area contributed by atoms with Gasteiger partial charge in [-0.05, 0) is 41.5 Å². The minimum atomic E-state index is -1.89. The van der Waals surface area contributed by atoms with Gasteiger partial charge in [-0.15, -0.1) is 0 Å². The van der Waals surface area contributed by atoms with Crippen molar-refractivity contribution >= 4 is 16.7 Å². The number of hydrogen-bond donors (Lipinski definition) is 2. The van der Waals surface area contributed by atoms with Crippen LogP contribution in [-0.2, 0) is 16.9 Å². The molecule has 0 saturated carbocycles. The summed E-state index contributed by atoms with van der Waals surface area (Å²) in [5, 5.41) is 19.9. The van der Waals surface area contributed by atoms with Crippen molar-refractivity contribution < 1.29 is 23.4 Å². The number of methoxy groups -OCH3 is 1. The summed E-state index contributed by atoms with van der Waals surface area (Å²) in [6, 6.07) is 14.3. The molecule has 2 atom stereocenters. The van der Waals surface area contributed by atoms with Crippen LogP contribution in [0.5, 0.6) is 5.75 Å². The number of carbonyl (C=O) groups excluding carboxylic acids is 1. The third kappa shape index (κ3) is 4.89. The van der Waals surface area contributed by atoms with Gasteiger partial charge in [-0.1, -0.05) is 30.3 Å². The van der Waals surface area contributed by atoms with E-state index in [1.807, 2.05) is 36.4 Å². The van der Waals surface area contributed by atoms with Crippen LogP contribution >= 0.6 is 0 Å². The highest BCUT2D eigenvalue weighted by Crippen LogP contribution is 2.28. The molecule has 1 heterocycles. The first-order valence-electron chi connectivity index (χ1n) is 10.6. The standard InChI is InChI=1S/C25H24F2N4O3/c1-16(17-3-4-19-10-21(34-2)7-5-18(19)9-17)24(32)29-12-25(33,13-31-15-28-14-30-31)22-8-6-20(26)11-23(22)27/h3-11,14-16,33H,12-13H2,1-2H3,(H,29,32)/t16-,25+/m1/s1. The van der Waals surface area contributed by atoms with Crippen molar-refractivity contribution in [3.63, 3.8) is 0 Å². The molecule has 1 amide bonds. The number of fused-ring (bicyclic) bond motifs is 1. The lowest BCUT2D eigenvalue weighted by Crippen LogP contribution is -2.45. The highest BCUT2D eigenvalue weighted by atomic mass is 19.1. The van der Waals surface area contributed by atoms with E-state index in [1.54, 1.807) is 14.0 Å². The molecule has 0 aliphatic rings. The number of nitrogens with one attached hydrogen (secondary N) is 1. The molecule has 0 bridgehead atoms. The molecule has 4 rings (SSSR count). The fraction of sp³-hybridized carbons (Fsp3) is 0.240. The first-order chi connectivity index (χ1) is 16.3. The van der Waals surface area contributed by atoms with E-state index in [2.05, 4.69) is 15.4 Å². The lowest BCUT2D eigenvalue weighted by molar-refractivity contribution is -0.123. The predicted molar refractivity (Wildman–Crippen MR) is 122 cm³/mol. The maximum atomic E-state index is 14.6. The Balaban J connectivity index is 1.54. The van der Waals surface area contributed by atoms with E-state index in [-0.39, 0.29) is 24.6 Å². The van der Waals surface area contributed by atoms with Gasteiger partial charge in [-0.2, -0.15) is 5.10 Å². The molecule has 0 radical (unpaired) electrons. The Morgan fingerprint density at radius 2 is 1.91 bits per heavy atom. The average molecular weight is 466 g/mol. The van der Waals surface area contributed by atoms with Gasteiger partial charge in [-0.3, -0.25) is 4.79 Å². The summed E-state index contributed by atoms with van der Waals surface area (Å²) in [5.74, 6) is -1.84. The number of benzene rings is 3. The van der Waals surface area contributed by atoms with Gasteiger partial charge < -0.3 is 15.2 Å². The Labute approximate surface area is 195 Å². The minimum absolute atomic E-state index is 0.156. The number of halogens is 2. The number of rotatable bonds is 8. The molecule has 0 saturated heterocycles. The zero-order valence-corrected chi connectivity index (χ0v) is 18.7. The smallest absolute Gasteiger partial charge is 0.227 e. The number of aliphatic hydroxyl groups is 1.